The van der Waals surface area contributed by atoms with Crippen molar-refractivity contribution in [2.45, 2.75) is 75.9 Å². The van der Waals surface area contributed by atoms with Crippen molar-refractivity contribution in [3.05, 3.63) is 23.9 Å². The Kier molecular flexibility index (Phi) is 4.80. The quantitative estimate of drug-likeness (QED) is 0.461. The van der Waals surface area contributed by atoms with Gasteiger partial charge in [-0.15, -0.1) is 0 Å². The van der Waals surface area contributed by atoms with Crippen molar-refractivity contribution in [1.82, 2.24) is 4.72 Å². The Bertz CT molecular complexity index is 381. The fourth-order valence-electron chi connectivity index (χ4n) is 3.35. The Labute approximate surface area is 128 Å². The molecule has 0 amide bonds. The zero-order valence-electron chi connectivity index (χ0n) is 12.9. The summed E-state index contributed by atoms with van der Waals surface area (Å²) in [5, 5.41) is 0. The van der Waals surface area contributed by atoms with Crippen molar-refractivity contribution in [2.75, 3.05) is 0 Å². The van der Waals surface area contributed by atoms with Crippen molar-refractivity contribution in [1.29, 1.82) is 0 Å². The smallest absolute Gasteiger partial charge is 0.0358 e. The van der Waals surface area contributed by atoms with Crippen molar-refractivity contribution >= 4 is 11.9 Å². The molecule has 1 spiro atoms. The lowest BCUT2D eigenvalue weighted by Gasteiger charge is -2.17. The standard InChI is InChI=1S/C18H29NS/c1-2-17-16-14-15(16)10-8-6-4-3-5-7-9-11-18(12-13-18)20-19-17/h2,8,10,15-16,19H,3-7,9,11-14H2,1H3/b10-8+,17-2+. The average Bonchev–Trinajstić information content (AvgIpc) is 3.35. The maximum Gasteiger partial charge on any atom is 0.0358 e. The Morgan fingerprint density at radius 3 is 2.75 bits per heavy atom. The van der Waals surface area contributed by atoms with E-state index in [-0.39, 0.29) is 0 Å². The third-order valence-electron chi connectivity index (χ3n) is 5.13. The average molecular weight is 292 g/mol. The van der Waals surface area contributed by atoms with Gasteiger partial charge in [-0.1, -0.05) is 43.9 Å². The Balaban J connectivity index is 1.58. The van der Waals surface area contributed by atoms with E-state index in [0.717, 1.165) is 11.8 Å². The van der Waals surface area contributed by atoms with Crippen LogP contribution in [-0.2, 0) is 0 Å². The molecule has 0 radical (unpaired) electrons. The summed E-state index contributed by atoms with van der Waals surface area (Å²) in [7, 11) is 0. The molecule has 1 nitrogen and oxygen atoms in total. The van der Waals surface area contributed by atoms with Crippen LogP contribution in [0.4, 0.5) is 0 Å². The summed E-state index contributed by atoms with van der Waals surface area (Å²) < 4.78 is 4.32. The van der Waals surface area contributed by atoms with Gasteiger partial charge >= 0.3 is 0 Å². The van der Waals surface area contributed by atoms with Gasteiger partial charge in [0.05, 0.1) is 0 Å². The van der Waals surface area contributed by atoms with Gasteiger partial charge in [-0.25, -0.2) is 0 Å². The third-order valence-corrected chi connectivity index (χ3v) is 6.51. The monoisotopic (exact) mass is 291 g/mol. The number of hydrogen-bond donors (Lipinski definition) is 1. The van der Waals surface area contributed by atoms with Gasteiger partial charge < -0.3 is 4.72 Å². The van der Waals surface area contributed by atoms with Crippen LogP contribution in [0.3, 0.4) is 0 Å². The molecule has 0 aromatic heterocycles. The van der Waals surface area contributed by atoms with Crippen molar-refractivity contribution in [3.8, 4) is 0 Å². The maximum atomic E-state index is 3.73. The second kappa shape index (κ2) is 6.60. The summed E-state index contributed by atoms with van der Waals surface area (Å²) in [5.74, 6) is 1.60. The molecular weight excluding hydrogens is 262 g/mol. The first-order valence-electron chi connectivity index (χ1n) is 8.60. The minimum Gasteiger partial charge on any atom is -0.333 e. The molecule has 2 unspecified atom stereocenters. The number of hydrogen-bond acceptors (Lipinski definition) is 2. The first kappa shape index (κ1) is 14.6. The van der Waals surface area contributed by atoms with Gasteiger partial charge in [-0.2, -0.15) is 0 Å². The highest BCUT2D eigenvalue weighted by Crippen LogP contribution is 2.53. The fourth-order valence-corrected chi connectivity index (χ4v) is 4.51. The van der Waals surface area contributed by atoms with Gasteiger partial charge in [0.25, 0.3) is 0 Å². The van der Waals surface area contributed by atoms with Gasteiger partial charge in [0.1, 0.15) is 0 Å². The van der Waals surface area contributed by atoms with E-state index in [1.165, 1.54) is 69.9 Å². The third kappa shape index (κ3) is 3.84. The van der Waals surface area contributed by atoms with Crippen LogP contribution >= 0.6 is 11.9 Å². The molecule has 3 aliphatic rings. The van der Waals surface area contributed by atoms with Crippen LogP contribution in [-0.4, -0.2) is 4.75 Å². The molecule has 2 atom stereocenters. The Hall–Kier alpha value is -0.370. The molecule has 0 aromatic rings. The van der Waals surface area contributed by atoms with Crippen LogP contribution in [0.5, 0.6) is 0 Å². The maximum absolute atomic E-state index is 3.73. The lowest BCUT2D eigenvalue weighted by Crippen LogP contribution is -2.14. The highest BCUT2D eigenvalue weighted by Gasteiger charge is 2.44. The highest BCUT2D eigenvalue weighted by atomic mass is 32.2. The number of rotatable bonds is 0. The summed E-state index contributed by atoms with van der Waals surface area (Å²) in [6.07, 6.45) is 21.3. The normalized spacial score (nSPS) is 37.4. The SMILES string of the molecule is C/C=C1/NSC2(CCCCCCC/C=C/C3CC13)CC2. The van der Waals surface area contributed by atoms with Gasteiger partial charge in [-0.3, -0.25) is 0 Å². The number of allylic oxidation sites excluding steroid dienone is 4. The predicted molar refractivity (Wildman–Crippen MR) is 89.5 cm³/mol. The molecule has 20 heavy (non-hydrogen) atoms. The van der Waals surface area contributed by atoms with Crippen LogP contribution in [0, 0.1) is 11.8 Å². The van der Waals surface area contributed by atoms with E-state index in [1.807, 2.05) is 11.9 Å². The molecule has 1 heterocycles. The van der Waals surface area contributed by atoms with Crippen LogP contribution in [0.2, 0.25) is 0 Å². The fraction of sp³-hybridized carbons (Fsp3) is 0.778. The Morgan fingerprint density at radius 1 is 1.15 bits per heavy atom. The van der Waals surface area contributed by atoms with Gasteiger partial charge in [0.15, 0.2) is 0 Å². The summed E-state index contributed by atoms with van der Waals surface area (Å²) in [4.78, 5) is 0. The minimum atomic E-state index is 0.592. The molecule has 0 bridgehead atoms. The molecule has 0 aromatic carbocycles. The van der Waals surface area contributed by atoms with E-state index in [4.69, 9.17) is 0 Å². The lowest BCUT2D eigenvalue weighted by atomic mass is 10.1. The molecule has 2 saturated carbocycles. The van der Waals surface area contributed by atoms with Crippen LogP contribution < -0.4 is 4.72 Å². The van der Waals surface area contributed by atoms with E-state index >= 15 is 0 Å². The molecule has 2 aliphatic carbocycles. The largest absolute Gasteiger partial charge is 0.333 e. The summed E-state index contributed by atoms with van der Waals surface area (Å²) >= 11 is 2.04. The van der Waals surface area contributed by atoms with Crippen LogP contribution in [0.15, 0.2) is 23.9 Å². The van der Waals surface area contributed by atoms with Crippen LogP contribution in [0.25, 0.3) is 0 Å². The summed E-state index contributed by atoms with van der Waals surface area (Å²) in [6.45, 7) is 2.19. The summed E-state index contributed by atoms with van der Waals surface area (Å²) in [6, 6.07) is 0. The molecule has 1 aliphatic heterocycles. The van der Waals surface area contributed by atoms with Gasteiger partial charge in [-0.05, 0) is 63.3 Å². The van der Waals surface area contributed by atoms with Crippen LogP contribution in [0.1, 0.15) is 71.1 Å². The second-order valence-electron chi connectivity index (χ2n) is 6.87. The lowest BCUT2D eigenvalue weighted by molar-refractivity contribution is 0.585. The first-order valence-corrected chi connectivity index (χ1v) is 9.41. The van der Waals surface area contributed by atoms with Gasteiger partial charge in [0.2, 0.25) is 0 Å². The molecule has 1 N–H and O–H groups in total. The zero-order valence-corrected chi connectivity index (χ0v) is 13.7. The van der Waals surface area contributed by atoms with Crippen molar-refractivity contribution in [3.63, 3.8) is 0 Å². The zero-order chi connectivity index (χ0) is 13.8. The predicted octanol–water partition coefficient (Wildman–Crippen LogP) is 5.60. The minimum absolute atomic E-state index is 0.592. The van der Waals surface area contributed by atoms with E-state index in [9.17, 15) is 0 Å². The van der Waals surface area contributed by atoms with Gasteiger partial charge in [0, 0.05) is 16.4 Å². The summed E-state index contributed by atoms with van der Waals surface area (Å²) in [5.41, 5.74) is 1.49. The molecule has 0 saturated heterocycles. The number of nitrogens with one attached hydrogen (secondary N) is 1. The molecule has 3 rings (SSSR count). The second-order valence-corrected chi connectivity index (χ2v) is 8.15. The topological polar surface area (TPSA) is 12.0 Å². The van der Waals surface area contributed by atoms with E-state index in [1.54, 1.807) is 0 Å². The van der Waals surface area contributed by atoms with E-state index in [0.29, 0.717) is 4.75 Å². The molecular formula is C18H29NS. The molecule has 2 fully saturated rings. The first-order chi connectivity index (χ1) is 9.83. The number of fused-ring (bicyclic) bond motifs is 1. The van der Waals surface area contributed by atoms with Crippen molar-refractivity contribution in [2.24, 2.45) is 11.8 Å². The Morgan fingerprint density at radius 2 is 1.95 bits per heavy atom. The molecule has 112 valence electrons. The molecule has 2 heteroatoms. The van der Waals surface area contributed by atoms with E-state index in [2.05, 4.69) is 29.9 Å². The highest BCUT2D eigenvalue weighted by molar-refractivity contribution is 7.99. The van der Waals surface area contributed by atoms with E-state index < -0.39 is 0 Å². The van der Waals surface area contributed by atoms with Crippen molar-refractivity contribution < 1.29 is 0 Å².